The molecule has 4 rings (SSSR count). The molecule has 0 bridgehead atoms. The van der Waals surface area contributed by atoms with Crippen LogP contribution in [0.2, 0.25) is 0 Å². The predicted molar refractivity (Wildman–Crippen MR) is 110 cm³/mol. The maximum atomic E-state index is 13.8. The van der Waals surface area contributed by atoms with Crippen molar-refractivity contribution >= 4 is 16.6 Å². The topological polar surface area (TPSA) is 17.8 Å². The summed E-state index contributed by atoms with van der Waals surface area (Å²) in [6.45, 7) is 6.54. The van der Waals surface area contributed by atoms with Gasteiger partial charge in [0.2, 0.25) is 0 Å². The summed E-state index contributed by atoms with van der Waals surface area (Å²) in [4.78, 5) is 4.44. The van der Waals surface area contributed by atoms with Gasteiger partial charge in [-0.05, 0) is 57.2 Å². The molecule has 3 aromatic rings. The molecule has 0 aliphatic heterocycles. The molecule has 2 heterocycles. The molecule has 0 N–H and O–H groups in total. The van der Waals surface area contributed by atoms with Gasteiger partial charge in [-0.2, -0.15) is 0 Å². The van der Waals surface area contributed by atoms with Crippen molar-refractivity contribution in [3.8, 4) is 0 Å². The van der Waals surface area contributed by atoms with Crippen molar-refractivity contribution < 1.29 is 4.39 Å². The van der Waals surface area contributed by atoms with Gasteiger partial charge >= 0.3 is 0 Å². The summed E-state index contributed by atoms with van der Waals surface area (Å²) in [5.74, 6) is 0.317. The van der Waals surface area contributed by atoms with Gasteiger partial charge in [-0.15, -0.1) is 0 Å². The standard InChI is InChI=1S/C24H27FN2/c1-24(2,3)27-22(15-19-14-20(25)16-26-23(19)27)21(13-17-9-7-8-10-17)18-11-5-4-6-12-18/h4-6,11-17H,7-10H2,1-3H3. The van der Waals surface area contributed by atoms with Crippen LogP contribution in [0.5, 0.6) is 0 Å². The minimum atomic E-state index is -0.291. The number of rotatable bonds is 3. The van der Waals surface area contributed by atoms with Crippen LogP contribution < -0.4 is 0 Å². The van der Waals surface area contributed by atoms with E-state index in [1.54, 1.807) is 6.07 Å². The molecule has 1 saturated carbocycles. The monoisotopic (exact) mass is 362 g/mol. The molecule has 2 aromatic heterocycles. The summed E-state index contributed by atoms with van der Waals surface area (Å²) in [6, 6.07) is 14.2. The second-order valence-electron chi connectivity index (χ2n) is 8.59. The first kappa shape index (κ1) is 18.0. The van der Waals surface area contributed by atoms with E-state index in [-0.39, 0.29) is 11.4 Å². The Morgan fingerprint density at radius 2 is 1.81 bits per heavy atom. The van der Waals surface area contributed by atoms with Crippen LogP contribution in [0.25, 0.3) is 16.6 Å². The molecule has 27 heavy (non-hydrogen) atoms. The van der Waals surface area contributed by atoms with E-state index in [1.165, 1.54) is 43.0 Å². The first-order valence-corrected chi connectivity index (χ1v) is 9.88. The fourth-order valence-corrected chi connectivity index (χ4v) is 4.25. The SMILES string of the molecule is CC(C)(C)n1c(C(=CC2CCCC2)c2ccccc2)cc2cc(F)cnc21. The lowest BCUT2D eigenvalue weighted by atomic mass is 9.95. The van der Waals surface area contributed by atoms with Crippen LogP contribution >= 0.6 is 0 Å². The van der Waals surface area contributed by atoms with Gasteiger partial charge in [0.25, 0.3) is 0 Å². The molecule has 1 fully saturated rings. The van der Waals surface area contributed by atoms with Crippen molar-refractivity contribution in [2.45, 2.75) is 52.0 Å². The highest BCUT2D eigenvalue weighted by Gasteiger charge is 2.25. The van der Waals surface area contributed by atoms with Gasteiger partial charge in [-0.3, -0.25) is 0 Å². The van der Waals surface area contributed by atoms with Crippen LogP contribution in [-0.4, -0.2) is 9.55 Å². The number of halogens is 1. The zero-order valence-electron chi connectivity index (χ0n) is 16.4. The van der Waals surface area contributed by atoms with Crippen molar-refractivity contribution in [3.05, 3.63) is 71.8 Å². The summed E-state index contributed by atoms with van der Waals surface area (Å²) < 4.78 is 16.1. The fourth-order valence-electron chi connectivity index (χ4n) is 4.25. The number of pyridine rings is 1. The third kappa shape index (κ3) is 3.55. The summed E-state index contributed by atoms with van der Waals surface area (Å²) >= 11 is 0. The maximum absolute atomic E-state index is 13.8. The molecule has 1 aliphatic rings. The number of hydrogen-bond donors (Lipinski definition) is 0. The van der Waals surface area contributed by atoms with Gasteiger partial charge in [-0.1, -0.05) is 49.2 Å². The van der Waals surface area contributed by atoms with Crippen LogP contribution in [0, 0.1) is 11.7 Å². The van der Waals surface area contributed by atoms with Crippen LogP contribution in [0.15, 0.2) is 54.7 Å². The molecule has 0 saturated heterocycles. The molecule has 2 nitrogen and oxygen atoms in total. The molecule has 3 heteroatoms. The van der Waals surface area contributed by atoms with E-state index in [1.807, 2.05) is 6.07 Å². The van der Waals surface area contributed by atoms with Crippen molar-refractivity contribution in [1.29, 1.82) is 0 Å². The highest BCUT2D eigenvalue weighted by molar-refractivity contribution is 5.88. The Bertz CT molecular complexity index is 971. The third-order valence-electron chi connectivity index (χ3n) is 5.44. The van der Waals surface area contributed by atoms with E-state index in [2.05, 4.69) is 66.7 Å². The fraction of sp³-hybridized carbons (Fsp3) is 0.375. The van der Waals surface area contributed by atoms with Gasteiger partial charge in [0.05, 0.1) is 11.9 Å². The van der Waals surface area contributed by atoms with E-state index >= 15 is 0 Å². The quantitative estimate of drug-likeness (QED) is 0.516. The van der Waals surface area contributed by atoms with Gasteiger partial charge in [0, 0.05) is 16.5 Å². The summed E-state index contributed by atoms with van der Waals surface area (Å²) in [6.07, 6.45) is 8.86. The number of benzene rings is 1. The highest BCUT2D eigenvalue weighted by Crippen LogP contribution is 2.36. The van der Waals surface area contributed by atoms with E-state index in [0.717, 1.165) is 16.7 Å². The molecule has 0 unspecified atom stereocenters. The molecule has 0 atom stereocenters. The largest absolute Gasteiger partial charge is 0.320 e. The van der Waals surface area contributed by atoms with Crippen molar-refractivity contribution in [3.63, 3.8) is 0 Å². The van der Waals surface area contributed by atoms with E-state index in [9.17, 15) is 4.39 Å². The van der Waals surface area contributed by atoms with Crippen molar-refractivity contribution in [2.24, 2.45) is 5.92 Å². The normalized spacial score (nSPS) is 16.4. The maximum Gasteiger partial charge on any atom is 0.142 e. The smallest absolute Gasteiger partial charge is 0.142 e. The number of aromatic nitrogens is 2. The molecule has 1 aromatic carbocycles. The van der Waals surface area contributed by atoms with Crippen LogP contribution in [-0.2, 0) is 5.54 Å². The number of nitrogens with zero attached hydrogens (tertiary/aromatic N) is 2. The van der Waals surface area contributed by atoms with Crippen LogP contribution in [0.1, 0.15) is 57.7 Å². The second kappa shape index (κ2) is 6.95. The van der Waals surface area contributed by atoms with Gasteiger partial charge in [0.1, 0.15) is 11.5 Å². The Morgan fingerprint density at radius 3 is 2.48 bits per heavy atom. The molecule has 1 aliphatic carbocycles. The molecule has 140 valence electrons. The highest BCUT2D eigenvalue weighted by atomic mass is 19.1. The lowest BCUT2D eigenvalue weighted by molar-refractivity contribution is 0.405. The second-order valence-corrected chi connectivity index (χ2v) is 8.59. The third-order valence-corrected chi connectivity index (χ3v) is 5.44. The first-order chi connectivity index (χ1) is 12.9. The van der Waals surface area contributed by atoms with Crippen LogP contribution in [0.3, 0.4) is 0 Å². The summed E-state index contributed by atoms with van der Waals surface area (Å²) in [5, 5.41) is 0.855. The first-order valence-electron chi connectivity index (χ1n) is 9.88. The number of hydrogen-bond acceptors (Lipinski definition) is 1. The van der Waals surface area contributed by atoms with Crippen molar-refractivity contribution in [2.75, 3.05) is 0 Å². The van der Waals surface area contributed by atoms with Crippen molar-refractivity contribution in [1.82, 2.24) is 9.55 Å². The Labute approximate surface area is 160 Å². The Balaban J connectivity index is 1.98. The molecule has 0 radical (unpaired) electrons. The zero-order chi connectivity index (χ0) is 19.0. The number of fused-ring (bicyclic) bond motifs is 1. The molecule has 0 amide bonds. The summed E-state index contributed by atoms with van der Waals surface area (Å²) in [7, 11) is 0. The van der Waals surface area contributed by atoms with Crippen LogP contribution in [0.4, 0.5) is 4.39 Å². The Kier molecular flexibility index (Phi) is 4.63. The minimum Gasteiger partial charge on any atom is -0.320 e. The van der Waals surface area contributed by atoms with Gasteiger partial charge in [0.15, 0.2) is 0 Å². The predicted octanol–water partition coefficient (Wildman–Crippen LogP) is 6.55. The average molecular weight is 362 g/mol. The Morgan fingerprint density at radius 1 is 1.11 bits per heavy atom. The zero-order valence-corrected chi connectivity index (χ0v) is 16.4. The van der Waals surface area contributed by atoms with E-state index in [4.69, 9.17) is 0 Å². The van der Waals surface area contributed by atoms with Gasteiger partial charge in [-0.25, -0.2) is 9.37 Å². The average Bonchev–Trinajstić information content (AvgIpc) is 3.26. The molecule has 0 spiro atoms. The minimum absolute atomic E-state index is 0.161. The molecular formula is C24H27FN2. The lowest BCUT2D eigenvalue weighted by Crippen LogP contribution is -2.24. The summed E-state index contributed by atoms with van der Waals surface area (Å²) in [5.41, 5.74) is 4.24. The van der Waals surface area contributed by atoms with Gasteiger partial charge < -0.3 is 4.57 Å². The Hall–Kier alpha value is -2.42. The molecular weight excluding hydrogens is 335 g/mol. The number of allylic oxidation sites excluding steroid dienone is 1. The lowest BCUT2D eigenvalue weighted by Gasteiger charge is -2.26. The van der Waals surface area contributed by atoms with E-state index < -0.39 is 0 Å². The van der Waals surface area contributed by atoms with E-state index in [0.29, 0.717) is 5.92 Å².